The van der Waals surface area contributed by atoms with E-state index in [1.54, 1.807) is 28.4 Å². The van der Waals surface area contributed by atoms with Crippen LogP contribution in [0.25, 0.3) is 0 Å². The first-order valence-corrected chi connectivity index (χ1v) is 9.45. The average molecular weight is 376 g/mol. The van der Waals surface area contributed by atoms with Crippen LogP contribution in [0.4, 0.5) is 0 Å². The van der Waals surface area contributed by atoms with E-state index in [2.05, 4.69) is 0 Å². The maximum atomic E-state index is 10.4. The van der Waals surface area contributed by atoms with Gasteiger partial charge >= 0.3 is 0 Å². The van der Waals surface area contributed by atoms with Crippen LogP contribution in [-0.2, 0) is 18.9 Å². The Morgan fingerprint density at radius 2 is 1.31 bits per heavy atom. The largest absolute Gasteiger partial charge is 0.356 e. The van der Waals surface area contributed by atoms with Crippen molar-refractivity contribution in [3.8, 4) is 0 Å². The third-order valence-electron chi connectivity index (χ3n) is 5.75. The molecule has 2 rings (SSSR count). The van der Waals surface area contributed by atoms with Crippen molar-refractivity contribution in [1.82, 2.24) is 0 Å². The smallest absolute Gasteiger partial charge is 0.207 e. The van der Waals surface area contributed by atoms with Gasteiger partial charge in [0.1, 0.15) is 0 Å². The number of nitro groups is 1. The molecule has 2 fully saturated rings. The molecule has 0 unspecified atom stereocenters. The van der Waals surface area contributed by atoms with Gasteiger partial charge in [-0.1, -0.05) is 12.8 Å². The van der Waals surface area contributed by atoms with Gasteiger partial charge in [0.15, 0.2) is 12.6 Å². The van der Waals surface area contributed by atoms with Gasteiger partial charge in [-0.05, 0) is 38.1 Å². The van der Waals surface area contributed by atoms with Crippen LogP contribution in [0.5, 0.6) is 0 Å². The van der Waals surface area contributed by atoms with Crippen LogP contribution in [0.2, 0.25) is 0 Å². The summed E-state index contributed by atoms with van der Waals surface area (Å²) < 4.78 is 20.8. The summed E-state index contributed by atoms with van der Waals surface area (Å²) in [6.45, 7) is 0.793. The maximum absolute atomic E-state index is 10.4. The zero-order chi connectivity index (χ0) is 19.5. The van der Waals surface area contributed by atoms with E-state index in [-0.39, 0.29) is 35.9 Å². The van der Waals surface area contributed by atoms with Crippen LogP contribution in [0, 0.1) is 33.8 Å². The molecule has 8 heteroatoms. The Morgan fingerprint density at radius 1 is 0.885 bits per heavy atom. The number of rotatable bonds is 9. The van der Waals surface area contributed by atoms with E-state index in [0.29, 0.717) is 11.8 Å². The summed E-state index contributed by atoms with van der Waals surface area (Å²) in [4.78, 5) is 10.2. The van der Waals surface area contributed by atoms with Crippen molar-refractivity contribution in [2.45, 2.75) is 51.1 Å². The highest BCUT2D eigenvalue weighted by atomic mass is 16.7. The Bertz CT molecular complexity index is 390. The van der Waals surface area contributed by atoms with E-state index in [0.717, 1.165) is 25.8 Å². The molecule has 2 aliphatic rings. The first-order valence-electron chi connectivity index (χ1n) is 9.45. The van der Waals surface area contributed by atoms with Gasteiger partial charge in [-0.15, -0.1) is 0 Å². The zero-order valence-corrected chi connectivity index (χ0v) is 16.6. The molecule has 0 saturated heterocycles. The topological polar surface area (TPSA) is 106 Å². The molecular weight excluding hydrogens is 340 g/mol. The van der Waals surface area contributed by atoms with Crippen molar-refractivity contribution >= 4 is 0 Å². The van der Waals surface area contributed by atoms with Crippen molar-refractivity contribution in [3.63, 3.8) is 0 Å². The molecule has 0 aromatic rings. The molecule has 2 N–H and O–H groups in total. The van der Waals surface area contributed by atoms with Gasteiger partial charge in [0.25, 0.3) is 0 Å². The normalized spacial score (nSPS) is 28.4. The number of nitrogens with zero attached hydrogens (tertiary/aromatic N) is 1. The highest BCUT2D eigenvalue weighted by molar-refractivity contribution is 4.80. The average Bonchev–Trinajstić information content (AvgIpc) is 3.27. The van der Waals surface area contributed by atoms with Crippen molar-refractivity contribution in [2.75, 3.05) is 41.5 Å². The van der Waals surface area contributed by atoms with Gasteiger partial charge in [0.05, 0.1) is 0 Å². The third-order valence-corrected chi connectivity index (χ3v) is 5.75. The summed E-state index contributed by atoms with van der Waals surface area (Å²) >= 11 is 0. The van der Waals surface area contributed by atoms with Crippen molar-refractivity contribution in [1.29, 1.82) is 0 Å². The summed E-state index contributed by atoms with van der Waals surface area (Å²) in [5, 5.41) is 10.4. The highest BCUT2D eigenvalue weighted by Gasteiger charge is 2.37. The molecular formula is C18H36N2O6. The zero-order valence-electron chi connectivity index (χ0n) is 16.6. The molecule has 0 heterocycles. The fraction of sp³-hybridized carbons (Fsp3) is 1.00. The Kier molecular flexibility index (Phi) is 11.2. The summed E-state index contributed by atoms with van der Waals surface area (Å²) in [5.74, 6) is 1.38. The molecule has 0 aromatic carbocycles. The minimum atomic E-state index is -0.289. The third kappa shape index (κ3) is 6.74. The van der Waals surface area contributed by atoms with E-state index < -0.39 is 0 Å². The second-order valence-electron chi connectivity index (χ2n) is 7.14. The number of methoxy groups -OCH3 is 4. The minimum absolute atomic E-state index is 0.0356. The summed E-state index contributed by atoms with van der Waals surface area (Å²) in [6, 6.07) is 0. The SMILES string of the molecule is COC(OC)[C@@H]1CCC[C@H]1CN.COC(OC)[C@@H]1CCC[C@H]1C[N+](=O)[O-]. The maximum Gasteiger partial charge on any atom is 0.207 e. The second kappa shape index (κ2) is 12.6. The van der Waals surface area contributed by atoms with Crippen LogP contribution in [0.15, 0.2) is 0 Å². The lowest BCUT2D eigenvalue weighted by molar-refractivity contribution is -0.490. The lowest BCUT2D eigenvalue weighted by atomic mass is 9.95. The van der Waals surface area contributed by atoms with Gasteiger partial charge in [0.2, 0.25) is 6.54 Å². The Labute approximate surface area is 156 Å². The van der Waals surface area contributed by atoms with Crippen LogP contribution >= 0.6 is 0 Å². The number of ether oxygens (including phenoxy) is 4. The van der Waals surface area contributed by atoms with Gasteiger partial charge < -0.3 is 24.7 Å². The predicted molar refractivity (Wildman–Crippen MR) is 98.2 cm³/mol. The monoisotopic (exact) mass is 376 g/mol. The number of nitrogens with two attached hydrogens (primary N) is 1. The Hall–Kier alpha value is -0.800. The molecule has 0 bridgehead atoms. The summed E-state index contributed by atoms with van der Waals surface area (Å²) in [5.41, 5.74) is 5.66. The number of hydrogen-bond acceptors (Lipinski definition) is 7. The Balaban J connectivity index is 0.000000263. The molecule has 0 amide bonds. The lowest BCUT2D eigenvalue weighted by Gasteiger charge is -2.25. The molecule has 2 aliphatic carbocycles. The lowest BCUT2D eigenvalue weighted by Crippen LogP contribution is -2.31. The van der Waals surface area contributed by atoms with Gasteiger partial charge in [-0.25, -0.2) is 0 Å². The molecule has 4 atom stereocenters. The van der Waals surface area contributed by atoms with E-state index in [1.807, 2.05) is 0 Å². The fourth-order valence-corrected chi connectivity index (χ4v) is 4.45. The van der Waals surface area contributed by atoms with Crippen molar-refractivity contribution in [3.05, 3.63) is 10.1 Å². The van der Waals surface area contributed by atoms with E-state index >= 15 is 0 Å². The van der Waals surface area contributed by atoms with Gasteiger partial charge in [0, 0.05) is 51.1 Å². The summed E-state index contributed by atoms with van der Waals surface area (Å²) in [7, 11) is 6.55. The van der Waals surface area contributed by atoms with Crippen LogP contribution < -0.4 is 5.73 Å². The van der Waals surface area contributed by atoms with E-state index in [9.17, 15) is 10.1 Å². The number of hydrogen-bond donors (Lipinski definition) is 1. The minimum Gasteiger partial charge on any atom is -0.356 e. The van der Waals surface area contributed by atoms with Gasteiger partial charge in [-0.3, -0.25) is 10.1 Å². The molecule has 8 nitrogen and oxygen atoms in total. The van der Waals surface area contributed by atoms with E-state index in [4.69, 9.17) is 24.7 Å². The van der Waals surface area contributed by atoms with Gasteiger partial charge in [-0.2, -0.15) is 0 Å². The Morgan fingerprint density at radius 3 is 1.69 bits per heavy atom. The first kappa shape index (κ1) is 23.2. The predicted octanol–water partition coefficient (Wildman–Crippen LogP) is 2.28. The van der Waals surface area contributed by atoms with Crippen LogP contribution in [0.3, 0.4) is 0 Å². The quantitative estimate of drug-likeness (QED) is 0.374. The van der Waals surface area contributed by atoms with Crippen molar-refractivity contribution < 1.29 is 23.9 Å². The second-order valence-corrected chi connectivity index (χ2v) is 7.14. The van der Waals surface area contributed by atoms with E-state index in [1.165, 1.54) is 19.3 Å². The molecule has 0 spiro atoms. The molecule has 154 valence electrons. The molecule has 0 aliphatic heterocycles. The standard InChI is InChI=1S/C9H17NO4.C9H19NO2/c1-13-9(14-2)8-5-3-4-7(8)6-10(11)12;1-11-9(12-2)8-5-3-4-7(8)6-10/h7-9H,3-6H2,1-2H3;7-9H,3-6,10H2,1-2H3/t2*7-,8+/m00/s1. The van der Waals surface area contributed by atoms with Crippen molar-refractivity contribution in [2.24, 2.45) is 29.4 Å². The molecule has 26 heavy (non-hydrogen) atoms. The van der Waals surface area contributed by atoms with Crippen LogP contribution in [0.1, 0.15) is 38.5 Å². The molecule has 0 radical (unpaired) electrons. The molecule has 0 aromatic heterocycles. The van der Waals surface area contributed by atoms with Crippen LogP contribution in [-0.4, -0.2) is 59.0 Å². The molecule has 2 saturated carbocycles. The first-order chi connectivity index (χ1) is 12.5. The highest BCUT2D eigenvalue weighted by Crippen LogP contribution is 2.35. The summed E-state index contributed by atoms with van der Waals surface area (Å²) in [6.07, 6.45) is 6.24. The fourth-order valence-electron chi connectivity index (χ4n) is 4.45.